The number of rotatable bonds is 8. The molecule has 4 heteroatoms. The molecule has 1 aromatic carbocycles. The molecule has 21 heavy (non-hydrogen) atoms. The topological polar surface area (TPSA) is 49.3 Å². The third kappa shape index (κ3) is 4.83. The highest BCUT2D eigenvalue weighted by Crippen LogP contribution is 2.26. The van der Waals surface area contributed by atoms with Crippen LogP contribution in [0, 0.1) is 5.92 Å². The number of nitrogens with one attached hydrogen (secondary N) is 1. The fourth-order valence-corrected chi connectivity index (χ4v) is 3.36. The van der Waals surface area contributed by atoms with Crippen LogP contribution < -0.4 is 5.32 Å². The van der Waals surface area contributed by atoms with Gasteiger partial charge < -0.3 is 10.4 Å². The van der Waals surface area contributed by atoms with Gasteiger partial charge in [-0.15, -0.1) is 11.3 Å². The van der Waals surface area contributed by atoms with Crippen molar-refractivity contribution in [1.82, 2.24) is 5.32 Å². The van der Waals surface area contributed by atoms with E-state index in [1.807, 2.05) is 6.92 Å². The van der Waals surface area contributed by atoms with Gasteiger partial charge in [0.15, 0.2) is 0 Å². The Balaban J connectivity index is 1.73. The Morgan fingerprint density at radius 3 is 3.00 bits per heavy atom. The number of benzene rings is 1. The molecule has 0 radical (unpaired) electrons. The lowest BCUT2D eigenvalue weighted by atomic mass is 10.1. The highest BCUT2D eigenvalue weighted by molar-refractivity contribution is 7.17. The Kier molecular flexibility index (Phi) is 6.21. The highest BCUT2D eigenvalue weighted by atomic mass is 32.1. The average molecular weight is 305 g/mol. The summed E-state index contributed by atoms with van der Waals surface area (Å²) in [4.78, 5) is 11.8. The Morgan fingerprint density at radius 2 is 2.19 bits per heavy atom. The first-order chi connectivity index (χ1) is 10.2. The summed E-state index contributed by atoms with van der Waals surface area (Å²) in [5.74, 6) is 0.444. The molecule has 0 aliphatic heterocycles. The number of fused-ring (bicyclic) bond motifs is 1. The predicted octanol–water partition coefficient (Wildman–Crippen LogP) is 3.36. The molecule has 114 valence electrons. The number of hydrogen-bond acceptors (Lipinski definition) is 3. The van der Waals surface area contributed by atoms with Crippen LogP contribution in [0.4, 0.5) is 0 Å². The standard InChI is InChI=1S/C17H23NO2S/c1-13(9-10-19)11-18-17(20)8-4-5-14-12-21-16-7-3-2-6-15(14)16/h2-3,6-7,12-13,19H,4-5,8-11H2,1H3,(H,18,20). The molecular formula is C17H23NO2S. The van der Waals surface area contributed by atoms with Gasteiger partial charge in [0.2, 0.25) is 5.91 Å². The van der Waals surface area contributed by atoms with Crippen molar-refractivity contribution in [3.63, 3.8) is 0 Å². The fraction of sp³-hybridized carbons (Fsp3) is 0.471. The quantitative estimate of drug-likeness (QED) is 0.785. The van der Waals surface area contributed by atoms with E-state index < -0.39 is 0 Å². The largest absolute Gasteiger partial charge is 0.396 e. The van der Waals surface area contributed by atoms with Crippen LogP contribution in [0.15, 0.2) is 29.6 Å². The molecule has 3 nitrogen and oxygen atoms in total. The first-order valence-corrected chi connectivity index (χ1v) is 8.41. The van der Waals surface area contributed by atoms with Crippen LogP contribution in [0.25, 0.3) is 10.1 Å². The lowest BCUT2D eigenvalue weighted by molar-refractivity contribution is -0.121. The molecule has 0 saturated carbocycles. The van der Waals surface area contributed by atoms with Gasteiger partial charge in [0, 0.05) is 24.3 Å². The van der Waals surface area contributed by atoms with Crippen molar-refractivity contribution >= 4 is 27.3 Å². The van der Waals surface area contributed by atoms with Gasteiger partial charge in [0.25, 0.3) is 0 Å². The molecule has 1 heterocycles. The fourth-order valence-electron chi connectivity index (χ4n) is 2.36. The molecule has 2 rings (SSSR count). The minimum absolute atomic E-state index is 0.110. The second kappa shape index (κ2) is 8.15. The van der Waals surface area contributed by atoms with Gasteiger partial charge >= 0.3 is 0 Å². The zero-order valence-corrected chi connectivity index (χ0v) is 13.3. The lowest BCUT2D eigenvalue weighted by Crippen LogP contribution is -2.28. The van der Waals surface area contributed by atoms with E-state index in [1.54, 1.807) is 11.3 Å². The summed E-state index contributed by atoms with van der Waals surface area (Å²) in [6.45, 7) is 2.87. The van der Waals surface area contributed by atoms with Crippen molar-refractivity contribution in [3.05, 3.63) is 35.2 Å². The summed E-state index contributed by atoms with van der Waals surface area (Å²) in [5, 5.41) is 15.3. The third-order valence-corrected chi connectivity index (χ3v) is 4.69. The van der Waals surface area contributed by atoms with Crippen molar-refractivity contribution in [2.75, 3.05) is 13.2 Å². The van der Waals surface area contributed by atoms with Crippen LogP contribution in [0.2, 0.25) is 0 Å². The number of carbonyl (C=O) groups is 1. The molecule has 1 amide bonds. The molecule has 2 aromatic rings. The van der Waals surface area contributed by atoms with Gasteiger partial charge in [0.05, 0.1) is 0 Å². The van der Waals surface area contributed by atoms with Crippen molar-refractivity contribution in [2.24, 2.45) is 5.92 Å². The second-order valence-corrected chi connectivity index (χ2v) is 6.44. The van der Waals surface area contributed by atoms with Gasteiger partial charge in [-0.3, -0.25) is 4.79 Å². The Hall–Kier alpha value is -1.39. The van der Waals surface area contributed by atoms with Crippen LogP contribution in [0.5, 0.6) is 0 Å². The number of aliphatic hydroxyl groups is 1. The average Bonchev–Trinajstić information content (AvgIpc) is 2.89. The maximum atomic E-state index is 11.8. The van der Waals surface area contributed by atoms with Gasteiger partial charge in [0.1, 0.15) is 0 Å². The molecule has 0 aliphatic rings. The second-order valence-electron chi connectivity index (χ2n) is 5.53. The van der Waals surface area contributed by atoms with E-state index >= 15 is 0 Å². The molecule has 1 unspecified atom stereocenters. The summed E-state index contributed by atoms with van der Waals surface area (Å²) in [7, 11) is 0. The van der Waals surface area contributed by atoms with Crippen molar-refractivity contribution in [2.45, 2.75) is 32.6 Å². The number of thiophene rings is 1. The monoisotopic (exact) mass is 305 g/mol. The summed E-state index contributed by atoms with van der Waals surface area (Å²) < 4.78 is 1.31. The molecule has 0 spiro atoms. The van der Waals surface area contributed by atoms with Crippen LogP contribution in [-0.4, -0.2) is 24.2 Å². The number of carbonyl (C=O) groups excluding carboxylic acids is 1. The van der Waals surface area contributed by atoms with Crippen molar-refractivity contribution in [3.8, 4) is 0 Å². The van der Waals surface area contributed by atoms with E-state index in [9.17, 15) is 4.79 Å². The molecule has 2 N–H and O–H groups in total. The van der Waals surface area contributed by atoms with Gasteiger partial charge in [-0.1, -0.05) is 25.1 Å². The van der Waals surface area contributed by atoms with E-state index in [-0.39, 0.29) is 12.5 Å². The number of amides is 1. The molecule has 1 aromatic heterocycles. The summed E-state index contributed by atoms with van der Waals surface area (Å²) in [6, 6.07) is 8.41. The molecule has 1 atom stereocenters. The highest BCUT2D eigenvalue weighted by Gasteiger charge is 2.07. The molecule has 0 fully saturated rings. The molecular weight excluding hydrogens is 282 g/mol. The molecule has 0 bridgehead atoms. The summed E-state index contributed by atoms with van der Waals surface area (Å²) in [5.41, 5.74) is 1.34. The smallest absolute Gasteiger partial charge is 0.220 e. The van der Waals surface area contributed by atoms with Crippen LogP contribution >= 0.6 is 11.3 Å². The van der Waals surface area contributed by atoms with E-state index in [0.717, 1.165) is 19.3 Å². The maximum Gasteiger partial charge on any atom is 0.220 e. The normalized spacial score (nSPS) is 12.5. The summed E-state index contributed by atoms with van der Waals surface area (Å²) >= 11 is 1.77. The van der Waals surface area contributed by atoms with Crippen molar-refractivity contribution < 1.29 is 9.90 Å². The lowest BCUT2D eigenvalue weighted by Gasteiger charge is -2.10. The van der Waals surface area contributed by atoms with Gasteiger partial charge in [-0.25, -0.2) is 0 Å². The summed E-state index contributed by atoms with van der Waals surface area (Å²) in [6.07, 6.45) is 3.13. The molecule has 0 saturated heterocycles. The van der Waals surface area contributed by atoms with Crippen LogP contribution in [0.1, 0.15) is 31.7 Å². The minimum Gasteiger partial charge on any atom is -0.396 e. The van der Waals surface area contributed by atoms with Crippen LogP contribution in [-0.2, 0) is 11.2 Å². The van der Waals surface area contributed by atoms with Gasteiger partial charge in [-0.2, -0.15) is 0 Å². The maximum absolute atomic E-state index is 11.8. The SMILES string of the molecule is CC(CCO)CNC(=O)CCCc1csc2ccccc12. The van der Waals surface area contributed by atoms with Crippen molar-refractivity contribution in [1.29, 1.82) is 0 Å². The Bertz CT molecular complexity index is 579. The Morgan fingerprint density at radius 1 is 1.38 bits per heavy atom. The van der Waals surface area contributed by atoms with Gasteiger partial charge in [-0.05, 0) is 47.6 Å². The van der Waals surface area contributed by atoms with E-state index in [0.29, 0.717) is 18.9 Å². The number of aliphatic hydroxyl groups excluding tert-OH is 1. The first-order valence-electron chi connectivity index (χ1n) is 7.53. The Labute approximate surface area is 130 Å². The van der Waals surface area contributed by atoms with E-state index in [1.165, 1.54) is 15.6 Å². The zero-order valence-electron chi connectivity index (χ0n) is 12.5. The zero-order chi connectivity index (χ0) is 15.1. The van der Waals surface area contributed by atoms with E-state index in [2.05, 4.69) is 35.0 Å². The number of aryl methyl sites for hydroxylation is 1. The third-order valence-electron chi connectivity index (χ3n) is 3.68. The minimum atomic E-state index is 0.110. The molecule has 0 aliphatic carbocycles. The first kappa shape index (κ1) is 16.0. The number of hydrogen-bond donors (Lipinski definition) is 2. The van der Waals surface area contributed by atoms with Crippen LogP contribution in [0.3, 0.4) is 0 Å². The van der Waals surface area contributed by atoms with E-state index in [4.69, 9.17) is 5.11 Å². The predicted molar refractivity (Wildman–Crippen MR) is 88.6 cm³/mol.